The number of aliphatic carboxylic acids is 1. The normalized spacial score (nSPS) is 20.0. The molecule has 1 saturated heterocycles. The molecule has 1 aliphatic rings. The summed E-state index contributed by atoms with van der Waals surface area (Å²) < 4.78 is 23.0. The molecule has 0 aliphatic carbocycles. The van der Waals surface area contributed by atoms with Gasteiger partial charge in [0.25, 0.3) is 0 Å². The van der Waals surface area contributed by atoms with E-state index in [-0.39, 0.29) is 60.8 Å². The van der Waals surface area contributed by atoms with Gasteiger partial charge in [0.15, 0.2) is 11.6 Å². The van der Waals surface area contributed by atoms with Crippen LogP contribution in [-0.2, 0) is 21.5 Å². The predicted octanol–water partition coefficient (Wildman–Crippen LogP) is 5.01. The number of hydrogen-bond acceptors (Lipinski definition) is 6. The van der Waals surface area contributed by atoms with Crippen LogP contribution in [0.1, 0.15) is 64.4 Å². The largest absolute Gasteiger partial charge is 0.494 e. The molecular weight excluding hydrogens is 481 g/mol. The highest BCUT2D eigenvalue weighted by Gasteiger charge is 2.46. The molecule has 11 heteroatoms. The van der Waals surface area contributed by atoms with Gasteiger partial charge in [0.05, 0.1) is 28.8 Å². The second kappa shape index (κ2) is 10.4. The molecule has 0 spiro atoms. The Morgan fingerprint density at radius 3 is 2.49 bits per heavy atom. The molecule has 10 nitrogen and oxygen atoms in total. The lowest BCUT2D eigenvalue weighted by Gasteiger charge is -2.42. The Hall–Kier alpha value is -3.63. The van der Waals surface area contributed by atoms with Crippen LogP contribution in [0.3, 0.4) is 0 Å². The molecule has 0 bridgehead atoms. The monoisotopic (exact) mass is 517 g/mol. The fraction of sp³-hybridized carbons (Fsp3) is 0.538. The van der Waals surface area contributed by atoms with Gasteiger partial charge < -0.3 is 25.2 Å². The number of amides is 1. The van der Waals surface area contributed by atoms with Crippen molar-refractivity contribution in [1.82, 2.24) is 19.7 Å². The third kappa shape index (κ3) is 5.86. The van der Waals surface area contributed by atoms with Crippen LogP contribution in [-0.4, -0.2) is 61.1 Å². The summed E-state index contributed by atoms with van der Waals surface area (Å²) in [5.74, 6) is -0.964. The summed E-state index contributed by atoms with van der Waals surface area (Å²) in [4.78, 5) is 29.6. The smallest absolute Gasteiger partial charge is 0.407 e. The zero-order chi connectivity index (χ0) is 27.7. The number of anilines is 2. The average molecular weight is 518 g/mol. The van der Waals surface area contributed by atoms with Crippen LogP contribution in [0.5, 0.6) is 0 Å². The van der Waals surface area contributed by atoms with E-state index < -0.39 is 29.3 Å². The van der Waals surface area contributed by atoms with Gasteiger partial charge in [-0.15, -0.1) is 0 Å². The van der Waals surface area contributed by atoms with Crippen molar-refractivity contribution < 1.29 is 28.9 Å². The molecule has 202 valence electrons. The molecule has 0 saturated carbocycles. The molecule has 1 unspecified atom stereocenters. The first-order chi connectivity index (χ1) is 17.2. The van der Waals surface area contributed by atoms with E-state index in [1.807, 2.05) is 38.4 Å². The molecular formula is C26H36FN5O5. The first-order valence-electron chi connectivity index (χ1n) is 12.3. The summed E-state index contributed by atoms with van der Waals surface area (Å²) >= 11 is 0. The van der Waals surface area contributed by atoms with E-state index in [2.05, 4.69) is 22.0 Å². The Morgan fingerprint density at radius 1 is 1.30 bits per heavy atom. The number of aromatic nitrogens is 3. The lowest BCUT2D eigenvalue weighted by Crippen LogP contribution is -2.51. The highest BCUT2D eigenvalue weighted by molar-refractivity contribution is 5.76. The molecule has 3 N–H and O–H groups in total. The molecule has 1 aliphatic heterocycles. The number of hydrogen-bond donors (Lipinski definition) is 3. The molecule has 2 aromatic heterocycles. The highest BCUT2D eigenvalue weighted by Crippen LogP contribution is 2.40. The number of nitrogens with zero attached hydrogens (tertiary/aromatic N) is 4. The molecule has 0 radical (unpaired) electrons. The fourth-order valence-corrected chi connectivity index (χ4v) is 4.93. The summed E-state index contributed by atoms with van der Waals surface area (Å²) in [6.45, 7) is 15.5. The number of carboxylic acids is 1. The van der Waals surface area contributed by atoms with Crippen molar-refractivity contribution in [2.24, 2.45) is 5.41 Å². The SMILES string of the molecule is C=C(OCC)c1cc(Nc2cc(C)n(C(C)(C)C)n2)nc(CC2(C(=O)O)CCN(C(=O)O)[C@H](C)C2)c1F. The number of rotatable bonds is 8. The standard InChI is InChI=1S/C26H36FN5O5/c1-8-37-17(4)18-12-20(29-21-11-15(2)32(30-21)25(5,6)7)28-19(22(18)27)14-26(23(33)34)9-10-31(24(35)36)16(3)13-26/h11-12,16H,4,8-10,13-14H2,1-3,5-7H3,(H,33,34)(H,35,36)(H,28,29,30)/t16-,26?/m1/s1. The fourth-order valence-electron chi connectivity index (χ4n) is 4.93. The van der Waals surface area contributed by atoms with Gasteiger partial charge in [-0.3, -0.25) is 9.48 Å². The van der Waals surface area contributed by atoms with Crippen LogP contribution in [0.4, 0.5) is 20.8 Å². The zero-order valence-corrected chi connectivity index (χ0v) is 22.3. The van der Waals surface area contributed by atoms with E-state index in [4.69, 9.17) is 4.74 Å². The van der Waals surface area contributed by atoms with E-state index in [9.17, 15) is 19.8 Å². The average Bonchev–Trinajstić information content (AvgIpc) is 3.16. The minimum Gasteiger partial charge on any atom is -0.494 e. The second-order valence-corrected chi connectivity index (χ2v) is 10.6. The lowest BCUT2D eigenvalue weighted by atomic mass is 9.72. The van der Waals surface area contributed by atoms with Crippen molar-refractivity contribution in [3.8, 4) is 0 Å². The van der Waals surface area contributed by atoms with E-state index in [1.165, 1.54) is 11.0 Å². The zero-order valence-electron chi connectivity index (χ0n) is 22.3. The maximum Gasteiger partial charge on any atom is 0.407 e. The van der Waals surface area contributed by atoms with Gasteiger partial charge >= 0.3 is 12.1 Å². The number of ether oxygens (including phenoxy) is 1. The van der Waals surface area contributed by atoms with Crippen LogP contribution < -0.4 is 5.32 Å². The van der Waals surface area contributed by atoms with E-state index in [0.29, 0.717) is 5.82 Å². The van der Waals surface area contributed by atoms with Crippen LogP contribution in [0.2, 0.25) is 0 Å². The highest BCUT2D eigenvalue weighted by atomic mass is 19.1. The molecule has 2 aromatic rings. The Balaban J connectivity index is 2.04. The van der Waals surface area contributed by atoms with Crippen LogP contribution >= 0.6 is 0 Å². The van der Waals surface area contributed by atoms with Crippen LogP contribution in [0.15, 0.2) is 18.7 Å². The third-order valence-corrected chi connectivity index (χ3v) is 6.68. The predicted molar refractivity (Wildman–Crippen MR) is 137 cm³/mol. The van der Waals surface area contributed by atoms with Crippen molar-refractivity contribution in [1.29, 1.82) is 0 Å². The van der Waals surface area contributed by atoms with Gasteiger partial charge in [0, 0.05) is 30.8 Å². The van der Waals surface area contributed by atoms with Gasteiger partial charge in [-0.2, -0.15) is 5.10 Å². The first kappa shape index (κ1) is 27.9. The summed E-state index contributed by atoms with van der Waals surface area (Å²) in [6, 6.07) is 2.76. The Bertz CT molecular complexity index is 1200. The number of carboxylic acid groups (broad SMARTS) is 2. The molecule has 2 atom stereocenters. The number of pyridine rings is 1. The molecule has 3 heterocycles. The molecule has 37 heavy (non-hydrogen) atoms. The van der Waals surface area contributed by atoms with Crippen LogP contribution in [0.25, 0.3) is 5.76 Å². The first-order valence-corrected chi connectivity index (χ1v) is 12.3. The van der Waals surface area contributed by atoms with E-state index in [0.717, 1.165) is 5.69 Å². The van der Waals surface area contributed by atoms with Crippen LogP contribution in [0, 0.1) is 18.2 Å². The summed E-state index contributed by atoms with van der Waals surface area (Å²) in [6.07, 6.45) is -1.26. The summed E-state index contributed by atoms with van der Waals surface area (Å²) in [5, 5.41) is 27.3. The van der Waals surface area contributed by atoms with Gasteiger partial charge in [-0.25, -0.2) is 14.2 Å². The van der Waals surface area contributed by atoms with Crippen molar-refractivity contribution in [3.63, 3.8) is 0 Å². The number of aryl methyl sites for hydroxylation is 1. The van der Waals surface area contributed by atoms with Crippen molar-refractivity contribution in [2.75, 3.05) is 18.5 Å². The Kier molecular flexibility index (Phi) is 7.85. The van der Waals surface area contributed by atoms with Gasteiger partial charge in [-0.05, 0) is 60.5 Å². The molecule has 3 rings (SSSR count). The molecule has 1 amide bonds. The minimum atomic E-state index is -1.38. The van der Waals surface area contributed by atoms with E-state index in [1.54, 1.807) is 13.8 Å². The summed E-state index contributed by atoms with van der Waals surface area (Å²) in [5.41, 5.74) is -0.717. The van der Waals surface area contributed by atoms with Gasteiger partial charge in [0.1, 0.15) is 11.6 Å². The van der Waals surface area contributed by atoms with Crippen molar-refractivity contribution in [2.45, 2.75) is 72.4 Å². The number of halogens is 1. The van der Waals surface area contributed by atoms with Gasteiger partial charge in [-0.1, -0.05) is 6.58 Å². The lowest BCUT2D eigenvalue weighted by molar-refractivity contribution is -0.153. The second-order valence-electron chi connectivity index (χ2n) is 10.6. The summed E-state index contributed by atoms with van der Waals surface area (Å²) in [7, 11) is 0. The van der Waals surface area contributed by atoms with Gasteiger partial charge in [0.2, 0.25) is 0 Å². The third-order valence-electron chi connectivity index (χ3n) is 6.68. The Labute approximate surface area is 216 Å². The molecule has 1 fully saturated rings. The maximum atomic E-state index is 15.7. The Morgan fingerprint density at radius 2 is 1.97 bits per heavy atom. The number of nitrogens with one attached hydrogen (secondary N) is 1. The van der Waals surface area contributed by atoms with Crippen molar-refractivity contribution >= 4 is 29.5 Å². The molecule has 0 aromatic carbocycles. The van der Waals surface area contributed by atoms with E-state index >= 15 is 4.39 Å². The maximum absolute atomic E-state index is 15.7. The minimum absolute atomic E-state index is 0.0321. The number of piperidine rings is 1. The quantitative estimate of drug-likeness (QED) is 0.417. The topological polar surface area (TPSA) is 130 Å². The van der Waals surface area contributed by atoms with Crippen molar-refractivity contribution in [3.05, 3.63) is 41.5 Å². The number of carbonyl (C=O) groups is 2. The number of likely N-dealkylation sites (tertiary alicyclic amines) is 1.